The summed E-state index contributed by atoms with van der Waals surface area (Å²) in [5.41, 5.74) is 0.294. The highest BCUT2D eigenvalue weighted by Gasteiger charge is 2.13. The molecule has 1 N–H and O–H groups in total. The molecule has 0 heterocycles. The van der Waals surface area contributed by atoms with Crippen LogP contribution in [0.2, 0.25) is 0 Å². The number of carboxylic acids is 1. The van der Waals surface area contributed by atoms with Crippen molar-refractivity contribution in [1.82, 2.24) is 4.90 Å². The van der Waals surface area contributed by atoms with Gasteiger partial charge in [0.2, 0.25) is 5.91 Å². The Labute approximate surface area is 111 Å². The number of amides is 1. The van der Waals surface area contributed by atoms with Crippen molar-refractivity contribution in [2.24, 2.45) is 0 Å². The van der Waals surface area contributed by atoms with Crippen LogP contribution in [-0.4, -0.2) is 35.0 Å². The van der Waals surface area contributed by atoms with Crippen LogP contribution in [0.3, 0.4) is 0 Å². The summed E-state index contributed by atoms with van der Waals surface area (Å²) in [7, 11) is 0. The number of carbonyl (C=O) groups excluding carboxylic acids is 1. The molecule has 0 saturated carbocycles. The van der Waals surface area contributed by atoms with Gasteiger partial charge in [0.15, 0.2) is 0 Å². The van der Waals surface area contributed by atoms with Crippen molar-refractivity contribution in [3.63, 3.8) is 0 Å². The Bertz CT molecular complexity index is 485. The highest BCUT2D eigenvalue weighted by Crippen LogP contribution is 2.08. The molecule has 19 heavy (non-hydrogen) atoms. The van der Waals surface area contributed by atoms with Gasteiger partial charge in [-0.2, -0.15) is 0 Å². The molecule has 5 heteroatoms. The molecule has 1 aromatic carbocycles. The summed E-state index contributed by atoms with van der Waals surface area (Å²) in [6, 6.07) is 6.06. The molecule has 0 atom stereocenters. The first-order valence-corrected chi connectivity index (χ1v) is 5.98. The Morgan fingerprint density at radius 1 is 1.37 bits per heavy atom. The lowest BCUT2D eigenvalue weighted by Crippen LogP contribution is -2.35. The van der Waals surface area contributed by atoms with E-state index >= 15 is 0 Å². The van der Waals surface area contributed by atoms with E-state index in [1.807, 2.05) is 6.92 Å². The van der Waals surface area contributed by atoms with Gasteiger partial charge in [0, 0.05) is 18.2 Å². The molecule has 1 rings (SSSR count). The minimum absolute atomic E-state index is 0.294. The summed E-state index contributed by atoms with van der Waals surface area (Å²) >= 11 is 0. The lowest BCUT2D eigenvalue weighted by molar-refractivity contribution is -0.142. The summed E-state index contributed by atoms with van der Waals surface area (Å²) < 4.78 is 13.3. The summed E-state index contributed by atoms with van der Waals surface area (Å²) in [6.07, 6.45) is 3.20. The molecule has 1 aromatic rings. The lowest BCUT2D eigenvalue weighted by Gasteiger charge is -2.17. The number of hydrogen-bond donors (Lipinski definition) is 1. The molecule has 0 aliphatic carbocycles. The molecule has 0 aliphatic rings. The average Bonchev–Trinajstić information content (AvgIpc) is 2.36. The zero-order valence-electron chi connectivity index (χ0n) is 10.7. The number of nitrogens with zero attached hydrogens (tertiary/aromatic N) is 1. The van der Waals surface area contributed by atoms with E-state index in [0.29, 0.717) is 18.5 Å². The van der Waals surface area contributed by atoms with Crippen LogP contribution in [0, 0.1) is 5.82 Å². The molecule has 0 bridgehead atoms. The third-order valence-electron chi connectivity index (χ3n) is 2.44. The van der Waals surface area contributed by atoms with Crippen LogP contribution in [0.5, 0.6) is 0 Å². The number of benzene rings is 1. The second-order valence-corrected chi connectivity index (χ2v) is 4.01. The summed E-state index contributed by atoms with van der Waals surface area (Å²) in [4.78, 5) is 23.7. The Morgan fingerprint density at radius 3 is 2.63 bits per heavy atom. The first kappa shape index (κ1) is 14.9. The SMILES string of the molecule is CCCN(CC(=O)O)C(=O)/C=C/c1ccccc1F. The van der Waals surface area contributed by atoms with Crippen LogP contribution in [-0.2, 0) is 9.59 Å². The predicted octanol–water partition coefficient (Wildman–Crippen LogP) is 2.16. The molecule has 0 aliphatic heterocycles. The summed E-state index contributed by atoms with van der Waals surface area (Å²) in [6.45, 7) is 1.85. The topological polar surface area (TPSA) is 57.6 Å². The Hall–Kier alpha value is -2.17. The van der Waals surface area contributed by atoms with Crippen LogP contribution in [0.25, 0.3) is 6.08 Å². The molecule has 0 aromatic heterocycles. The van der Waals surface area contributed by atoms with Crippen LogP contribution in [0.15, 0.2) is 30.3 Å². The fourth-order valence-electron chi connectivity index (χ4n) is 1.58. The third kappa shape index (κ3) is 4.91. The van der Waals surface area contributed by atoms with E-state index in [2.05, 4.69) is 0 Å². The molecular weight excluding hydrogens is 249 g/mol. The van der Waals surface area contributed by atoms with Gasteiger partial charge in [0.05, 0.1) is 0 Å². The van der Waals surface area contributed by atoms with Crippen molar-refractivity contribution in [1.29, 1.82) is 0 Å². The van der Waals surface area contributed by atoms with E-state index in [1.165, 1.54) is 23.1 Å². The van der Waals surface area contributed by atoms with Gasteiger partial charge < -0.3 is 10.0 Å². The van der Waals surface area contributed by atoms with Gasteiger partial charge in [-0.15, -0.1) is 0 Å². The van der Waals surface area contributed by atoms with E-state index in [0.717, 1.165) is 0 Å². The molecule has 0 radical (unpaired) electrons. The van der Waals surface area contributed by atoms with E-state index in [-0.39, 0.29) is 6.54 Å². The molecule has 0 fully saturated rings. The Kier molecular flexibility index (Phi) is 5.73. The van der Waals surface area contributed by atoms with E-state index in [1.54, 1.807) is 18.2 Å². The molecule has 102 valence electrons. The van der Waals surface area contributed by atoms with Gasteiger partial charge in [-0.25, -0.2) is 4.39 Å². The highest BCUT2D eigenvalue weighted by molar-refractivity contribution is 5.93. The summed E-state index contributed by atoms with van der Waals surface area (Å²) in [5, 5.41) is 8.71. The zero-order valence-corrected chi connectivity index (χ0v) is 10.7. The molecule has 0 unspecified atom stereocenters. The second kappa shape index (κ2) is 7.31. The van der Waals surface area contributed by atoms with Crippen molar-refractivity contribution in [3.8, 4) is 0 Å². The molecule has 0 saturated heterocycles. The Morgan fingerprint density at radius 2 is 2.05 bits per heavy atom. The maximum absolute atomic E-state index is 13.3. The van der Waals surface area contributed by atoms with Gasteiger partial charge in [-0.3, -0.25) is 9.59 Å². The third-order valence-corrected chi connectivity index (χ3v) is 2.44. The van der Waals surface area contributed by atoms with Crippen molar-refractivity contribution < 1.29 is 19.1 Å². The van der Waals surface area contributed by atoms with Gasteiger partial charge >= 0.3 is 5.97 Å². The van der Waals surface area contributed by atoms with Crippen LogP contribution >= 0.6 is 0 Å². The van der Waals surface area contributed by atoms with Crippen LogP contribution in [0.4, 0.5) is 4.39 Å². The van der Waals surface area contributed by atoms with E-state index in [9.17, 15) is 14.0 Å². The van der Waals surface area contributed by atoms with Crippen LogP contribution in [0.1, 0.15) is 18.9 Å². The zero-order chi connectivity index (χ0) is 14.3. The standard InChI is InChI=1S/C14H16FNO3/c1-2-9-16(10-14(18)19)13(17)8-7-11-5-3-4-6-12(11)15/h3-8H,2,9-10H2,1H3,(H,18,19)/b8-7+. The lowest BCUT2D eigenvalue weighted by atomic mass is 10.2. The second-order valence-electron chi connectivity index (χ2n) is 4.01. The number of rotatable bonds is 6. The molecule has 0 spiro atoms. The van der Waals surface area contributed by atoms with Gasteiger partial charge in [-0.05, 0) is 18.6 Å². The van der Waals surface area contributed by atoms with Crippen LogP contribution < -0.4 is 0 Å². The van der Waals surface area contributed by atoms with Crippen molar-refractivity contribution in [2.75, 3.05) is 13.1 Å². The van der Waals surface area contributed by atoms with E-state index in [4.69, 9.17) is 5.11 Å². The monoisotopic (exact) mass is 265 g/mol. The molecular formula is C14H16FNO3. The minimum Gasteiger partial charge on any atom is -0.480 e. The summed E-state index contributed by atoms with van der Waals surface area (Å²) in [5.74, 6) is -1.93. The highest BCUT2D eigenvalue weighted by atomic mass is 19.1. The smallest absolute Gasteiger partial charge is 0.323 e. The number of halogens is 1. The number of aliphatic carboxylic acids is 1. The maximum atomic E-state index is 13.3. The van der Waals surface area contributed by atoms with Gasteiger partial charge in [-0.1, -0.05) is 25.1 Å². The predicted molar refractivity (Wildman–Crippen MR) is 69.9 cm³/mol. The first-order chi connectivity index (χ1) is 9.04. The normalized spacial score (nSPS) is 10.6. The van der Waals surface area contributed by atoms with E-state index < -0.39 is 17.7 Å². The number of hydrogen-bond acceptors (Lipinski definition) is 2. The number of carbonyl (C=O) groups is 2. The average molecular weight is 265 g/mol. The fraction of sp³-hybridized carbons (Fsp3) is 0.286. The largest absolute Gasteiger partial charge is 0.480 e. The fourth-order valence-corrected chi connectivity index (χ4v) is 1.58. The Balaban J connectivity index is 2.76. The van der Waals surface area contributed by atoms with Crippen molar-refractivity contribution >= 4 is 18.0 Å². The first-order valence-electron chi connectivity index (χ1n) is 5.98. The van der Waals surface area contributed by atoms with Crippen molar-refractivity contribution in [2.45, 2.75) is 13.3 Å². The molecule has 1 amide bonds. The van der Waals surface area contributed by atoms with Crippen molar-refractivity contribution in [3.05, 3.63) is 41.7 Å². The maximum Gasteiger partial charge on any atom is 0.323 e. The van der Waals surface area contributed by atoms with Gasteiger partial charge in [0.1, 0.15) is 12.4 Å². The molecule has 4 nitrogen and oxygen atoms in total. The quantitative estimate of drug-likeness (QED) is 0.802. The number of carboxylic acid groups (broad SMARTS) is 1. The minimum atomic E-state index is -1.07. The van der Waals surface area contributed by atoms with Gasteiger partial charge in [0.25, 0.3) is 0 Å².